The number of fused-ring (bicyclic) bond motifs is 1. The minimum absolute atomic E-state index is 0.129. The normalized spacial score (nSPS) is 20.7. The summed E-state index contributed by atoms with van der Waals surface area (Å²) in [7, 11) is 0. The minimum atomic E-state index is -0.860. The molecule has 2 aromatic rings. The fourth-order valence-electron chi connectivity index (χ4n) is 3.26. The van der Waals surface area contributed by atoms with E-state index in [9.17, 15) is 14.7 Å². The summed E-state index contributed by atoms with van der Waals surface area (Å²) in [5, 5.41) is 16.7. The van der Waals surface area contributed by atoms with Gasteiger partial charge in [0.15, 0.2) is 0 Å². The molecule has 0 aliphatic heterocycles. The highest BCUT2D eigenvalue weighted by Gasteiger charge is 2.34. The van der Waals surface area contributed by atoms with Crippen molar-refractivity contribution < 1.29 is 19.2 Å². The highest BCUT2D eigenvalue weighted by molar-refractivity contribution is 6.06. The first kappa shape index (κ1) is 16.4. The fraction of sp³-hybridized carbons (Fsp3) is 0.529. The molecular formula is C17H21N3O4. The van der Waals surface area contributed by atoms with Crippen molar-refractivity contribution in [1.82, 2.24) is 15.5 Å². The molecule has 0 saturated heterocycles. The number of nitrogens with one attached hydrogen (secondary N) is 1. The first-order chi connectivity index (χ1) is 11.4. The van der Waals surface area contributed by atoms with Gasteiger partial charge in [-0.2, -0.15) is 0 Å². The molecule has 2 aromatic heterocycles. The average Bonchev–Trinajstić information content (AvgIpc) is 3.13. The van der Waals surface area contributed by atoms with Gasteiger partial charge in [-0.05, 0) is 31.7 Å². The predicted octanol–water partition coefficient (Wildman–Crippen LogP) is 2.64. The molecule has 7 nitrogen and oxygen atoms in total. The molecule has 1 fully saturated rings. The van der Waals surface area contributed by atoms with Crippen LogP contribution in [0.5, 0.6) is 0 Å². The molecule has 0 radical (unpaired) electrons. The Morgan fingerprint density at radius 2 is 2.12 bits per heavy atom. The maximum Gasteiger partial charge on any atom is 0.308 e. The zero-order valence-corrected chi connectivity index (χ0v) is 14.0. The summed E-state index contributed by atoms with van der Waals surface area (Å²) < 4.78 is 5.22. The fourth-order valence-corrected chi connectivity index (χ4v) is 3.26. The number of pyridine rings is 1. The Bertz CT molecular complexity index is 796. The van der Waals surface area contributed by atoms with E-state index in [-0.39, 0.29) is 17.9 Å². The summed E-state index contributed by atoms with van der Waals surface area (Å²) in [6.45, 7) is 5.72. The first-order valence-corrected chi connectivity index (χ1v) is 8.19. The van der Waals surface area contributed by atoms with Crippen molar-refractivity contribution in [1.29, 1.82) is 0 Å². The summed E-state index contributed by atoms with van der Waals surface area (Å²) in [5.41, 5.74) is 2.12. The molecule has 0 bridgehead atoms. The number of rotatable bonds is 4. The average molecular weight is 331 g/mol. The Kier molecular flexibility index (Phi) is 4.26. The number of carbonyl (C=O) groups is 2. The van der Waals surface area contributed by atoms with Gasteiger partial charge in [0.25, 0.3) is 11.6 Å². The van der Waals surface area contributed by atoms with Crippen LogP contribution in [0.4, 0.5) is 0 Å². The minimum Gasteiger partial charge on any atom is -0.481 e. The highest BCUT2D eigenvalue weighted by Crippen LogP contribution is 2.28. The Morgan fingerprint density at radius 1 is 1.38 bits per heavy atom. The zero-order valence-electron chi connectivity index (χ0n) is 14.0. The van der Waals surface area contributed by atoms with Crippen molar-refractivity contribution in [3.8, 4) is 0 Å². The van der Waals surface area contributed by atoms with E-state index in [0.717, 1.165) is 12.1 Å². The third kappa shape index (κ3) is 2.86. The lowest BCUT2D eigenvalue weighted by molar-refractivity contribution is -0.142. The molecule has 7 heteroatoms. The van der Waals surface area contributed by atoms with Gasteiger partial charge in [-0.15, -0.1) is 0 Å². The summed E-state index contributed by atoms with van der Waals surface area (Å²) in [4.78, 5) is 28.5. The van der Waals surface area contributed by atoms with Crippen LogP contribution in [0.3, 0.4) is 0 Å². The number of nitrogens with zero attached hydrogens (tertiary/aromatic N) is 2. The lowest BCUT2D eigenvalue weighted by atomic mass is 10.0. The molecule has 2 heterocycles. The second kappa shape index (κ2) is 6.22. The Labute approximate surface area is 139 Å². The standard InChI is InChI=1S/C17H21N3O4/c1-8(2)13-7-11(14-9(3)20-24-16(14)19-13)15(21)18-12-6-4-5-10(12)17(22)23/h7-8,10,12H,4-6H2,1-3H3,(H,18,21)(H,22,23)/t10-,12+/m0/s1. The van der Waals surface area contributed by atoms with Crippen LogP contribution in [0, 0.1) is 12.8 Å². The van der Waals surface area contributed by atoms with Gasteiger partial charge in [0.2, 0.25) is 0 Å². The smallest absolute Gasteiger partial charge is 0.308 e. The lowest BCUT2D eigenvalue weighted by Crippen LogP contribution is -2.40. The molecule has 0 unspecified atom stereocenters. The molecule has 24 heavy (non-hydrogen) atoms. The first-order valence-electron chi connectivity index (χ1n) is 8.19. The maximum absolute atomic E-state index is 12.8. The van der Waals surface area contributed by atoms with Crippen LogP contribution in [-0.4, -0.2) is 33.2 Å². The van der Waals surface area contributed by atoms with Gasteiger partial charge in [0, 0.05) is 11.7 Å². The van der Waals surface area contributed by atoms with E-state index < -0.39 is 11.9 Å². The van der Waals surface area contributed by atoms with Crippen molar-refractivity contribution in [2.24, 2.45) is 5.92 Å². The number of hydrogen-bond donors (Lipinski definition) is 2. The van der Waals surface area contributed by atoms with Gasteiger partial charge in [0.05, 0.1) is 22.6 Å². The van der Waals surface area contributed by atoms with Crippen LogP contribution in [0.15, 0.2) is 10.6 Å². The van der Waals surface area contributed by atoms with Crippen molar-refractivity contribution in [2.45, 2.75) is 52.0 Å². The van der Waals surface area contributed by atoms with Crippen LogP contribution >= 0.6 is 0 Å². The van der Waals surface area contributed by atoms with Gasteiger partial charge in [-0.1, -0.05) is 25.4 Å². The van der Waals surface area contributed by atoms with Gasteiger partial charge in [-0.25, -0.2) is 4.98 Å². The summed E-state index contributed by atoms with van der Waals surface area (Å²) in [5.74, 6) is -1.56. The Hall–Kier alpha value is -2.44. The van der Waals surface area contributed by atoms with Crippen molar-refractivity contribution >= 4 is 23.0 Å². The number of hydrogen-bond acceptors (Lipinski definition) is 5. The second-order valence-corrected chi connectivity index (χ2v) is 6.65. The van der Waals surface area contributed by atoms with Crippen LogP contribution in [0.1, 0.15) is 60.8 Å². The molecule has 1 aliphatic carbocycles. The molecule has 0 spiro atoms. The number of carboxylic acids is 1. The van der Waals surface area contributed by atoms with Gasteiger partial charge in [-0.3, -0.25) is 9.59 Å². The molecule has 1 aliphatic rings. The molecule has 2 N–H and O–H groups in total. The molecule has 128 valence electrons. The summed E-state index contributed by atoms with van der Waals surface area (Å²) in [6.07, 6.45) is 2.07. The molecular weight excluding hydrogens is 310 g/mol. The molecule has 3 rings (SSSR count). The highest BCUT2D eigenvalue weighted by atomic mass is 16.5. The third-order valence-electron chi connectivity index (χ3n) is 4.62. The van der Waals surface area contributed by atoms with Gasteiger partial charge in [0.1, 0.15) is 0 Å². The van der Waals surface area contributed by atoms with E-state index in [1.807, 2.05) is 13.8 Å². The number of carbonyl (C=O) groups excluding carboxylic acids is 1. The van der Waals surface area contributed by atoms with Crippen molar-refractivity contribution in [3.05, 3.63) is 23.0 Å². The monoisotopic (exact) mass is 331 g/mol. The predicted molar refractivity (Wildman–Crippen MR) is 86.9 cm³/mol. The van der Waals surface area contributed by atoms with E-state index in [1.165, 1.54) is 0 Å². The number of aryl methyl sites for hydroxylation is 1. The summed E-state index contributed by atoms with van der Waals surface area (Å²) >= 11 is 0. The SMILES string of the molecule is Cc1noc2nc(C(C)C)cc(C(=O)N[C@@H]3CCC[C@@H]3C(=O)O)c12. The van der Waals surface area contributed by atoms with E-state index in [4.69, 9.17) is 4.52 Å². The van der Waals surface area contributed by atoms with Crippen LogP contribution in [-0.2, 0) is 4.79 Å². The van der Waals surface area contributed by atoms with Crippen LogP contribution in [0.25, 0.3) is 11.1 Å². The Balaban J connectivity index is 1.97. The number of aromatic nitrogens is 2. The number of aliphatic carboxylic acids is 1. The quantitative estimate of drug-likeness (QED) is 0.892. The van der Waals surface area contributed by atoms with E-state index >= 15 is 0 Å². The molecule has 1 saturated carbocycles. The third-order valence-corrected chi connectivity index (χ3v) is 4.62. The molecule has 0 aromatic carbocycles. The van der Waals surface area contributed by atoms with E-state index in [1.54, 1.807) is 13.0 Å². The second-order valence-electron chi connectivity index (χ2n) is 6.65. The van der Waals surface area contributed by atoms with Crippen molar-refractivity contribution in [3.63, 3.8) is 0 Å². The topological polar surface area (TPSA) is 105 Å². The largest absolute Gasteiger partial charge is 0.481 e. The number of amides is 1. The molecule has 1 amide bonds. The zero-order chi connectivity index (χ0) is 17.4. The van der Waals surface area contributed by atoms with Gasteiger partial charge < -0.3 is 14.9 Å². The summed E-state index contributed by atoms with van der Waals surface area (Å²) in [6, 6.07) is 1.40. The Morgan fingerprint density at radius 3 is 2.79 bits per heavy atom. The van der Waals surface area contributed by atoms with Crippen LogP contribution in [0.2, 0.25) is 0 Å². The van der Waals surface area contributed by atoms with Crippen LogP contribution < -0.4 is 5.32 Å². The van der Waals surface area contributed by atoms with Crippen molar-refractivity contribution in [2.75, 3.05) is 0 Å². The van der Waals surface area contributed by atoms with E-state index in [2.05, 4.69) is 15.5 Å². The maximum atomic E-state index is 12.8. The number of carboxylic acid groups (broad SMARTS) is 1. The lowest BCUT2D eigenvalue weighted by Gasteiger charge is -2.18. The van der Waals surface area contributed by atoms with Gasteiger partial charge >= 0.3 is 5.97 Å². The molecule has 2 atom stereocenters. The van der Waals surface area contributed by atoms with E-state index in [0.29, 0.717) is 35.2 Å².